The summed E-state index contributed by atoms with van der Waals surface area (Å²) in [7, 11) is 0. The van der Waals surface area contributed by atoms with Crippen LogP contribution in [0.2, 0.25) is 0 Å². The Labute approximate surface area is 108 Å². The van der Waals surface area contributed by atoms with Crippen LogP contribution in [0.5, 0.6) is 0 Å². The summed E-state index contributed by atoms with van der Waals surface area (Å²) < 4.78 is 1.79. The highest BCUT2D eigenvalue weighted by Gasteiger charge is 2.12. The van der Waals surface area contributed by atoms with Crippen LogP contribution in [0, 0.1) is 0 Å². The molecular formula is C14H11N3O2. The number of carboxylic acids is 1. The van der Waals surface area contributed by atoms with E-state index in [1.807, 2.05) is 30.3 Å². The van der Waals surface area contributed by atoms with Crippen molar-refractivity contribution in [1.82, 2.24) is 9.55 Å². The predicted molar refractivity (Wildman–Crippen MR) is 72.4 cm³/mol. The Morgan fingerprint density at radius 2 is 1.89 bits per heavy atom. The van der Waals surface area contributed by atoms with Gasteiger partial charge in [0, 0.05) is 5.69 Å². The zero-order chi connectivity index (χ0) is 13.4. The summed E-state index contributed by atoms with van der Waals surface area (Å²) in [6, 6.07) is 14.4. The van der Waals surface area contributed by atoms with Gasteiger partial charge in [0.15, 0.2) is 0 Å². The van der Waals surface area contributed by atoms with E-state index in [0.29, 0.717) is 11.5 Å². The maximum atomic E-state index is 10.9. The van der Waals surface area contributed by atoms with Crippen molar-refractivity contribution in [3.63, 3.8) is 0 Å². The van der Waals surface area contributed by atoms with E-state index < -0.39 is 5.97 Å². The molecular weight excluding hydrogens is 242 g/mol. The number of carboxylic acid groups (broad SMARTS) is 1. The second-order valence-electron chi connectivity index (χ2n) is 4.15. The van der Waals surface area contributed by atoms with Crippen LogP contribution in [0.4, 0.5) is 5.95 Å². The molecule has 0 bridgehead atoms. The van der Waals surface area contributed by atoms with Gasteiger partial charge in [-0.3, -0.25) is 4.57 Å². The van der Waals surface area contributed by atoms with Gasteiger partial charge in [0.2, 0.25) is 5.95 Å². The average Bonchev–Trinajstić information content (AvgIpc) is 2.74. The van der Waals surface area contributed by atoms with Crippen LogP contribution in [0.25, 0.3) is 16.7 Å². The molecule has 0 saturated carbocycles. The van der Waals surface area contributed by atoms with Gasteiger partial charge in [0.1, 0.15) is 0 Å². The highest BCUT2D eigenvalue weighted by atomic mass is 16.4. The lowest BCUT2D eigenvalue weighted by Crippen LogP contribution is -2.00. The van der Waals surface area contributed by atoms with E-state index in [4.69, 9.17) is 10.8 Å². The van der Waals surface area contributed by atoms with E-state index >= 15 is 0 Å². The first-order valence-electron chi connectivity index (χ1n) is 5.73. The smallest absolute Gasteiger partial charge is 0.335 e. The highest BCUT2D eigenvalue weighted by Crippen LogP contribution is 2.23. The number of anilines is 1. The van der Waals surface area contributed by atoms with E-state index in [0.717, 1.165) is 11.2 Å². The zero-order valence-electron chi connectivity index (χ0n) is 9.95. The molecule has 0 aliphatic heterocycles. The molecule has 0 fully saturated rings. The zero-order valence-corrected chi connectivity index (χ0v) is 9.95. The monoisotopic (exact) mass is 253 g/mol. The molecule has 0 amide bonds. The molecule has 1 aromatic heterocycles. The van der Waals surface area contributed by atoms with Gasteiger partial charge in [-0.1, -0.05) is 18.2 Å². The lowest BCUT2D eigenvalue weighted by molar-refractivity contribution is 0.0697. The fourth-order valence-electron chi connectivity index (χ4n) is 2.08. The Morgan fingerprint density at radius 3 is 2.58 bits per heavy atom. The fraction of sp³-hybridized carbons (Fsp3) is 0. The minimum atomic E-state index is -0.977. The minimum Gasteiger partial charge on any atom is -0.478 e. The molecule has 0 spiro atoms. The Morgan fingerprint density at radius 1 is 1.16 bits per heavy atom. The van der Waals surface area contributed by atoms with Crippen molar-refractivity contribution in [1.29, 1.82) is 0 Å². The summed E-state index contributed by atoms with van der Waals surface area (Å²) in [5.41, 5.74) is 8.37. The number of fused-ring (bicyclic) bond motifs is 1. The second kappa shape index (κ2) is 4.13. The third-order valence-corrected chi connectivity index (χ3v) is 2.94. The molecule has 0 saturated heterocycles. The van der Waals surface area contributed by atoms with Crippen LogP contribution in [-0.2, 0) is 0 Å². The summed E-state index contributed by atoms with van der Waals surface area (Å²) in [6.45, 7) is 0. The van der Waals surface area contributed by atoms with Crippen molar-refractivity contribution < 1.29 is 9.90 Å². The molecule has 3 rings (SSSR count). The number of carbonyl (C=O) groups is 1. The number of benzene rings is 2. The van der Waals surface area contributed by atoms with E-state index in [2.05, 4.69) is 4.98 Å². The minimum absolute atomic E-state index is 0.199. The third kappa shape index (κ3) is 1.81. The second-order valence-corrected chi connectivity index (χ2v) is 4.15. The van der Waals surface area contributed by atoms with Gasteiger partial charge in [-0.15, -0.1) is 0 Å². The molecule has 3 N–H and O–H groups in total. The van der Waals surface area contributed by atoms with Gasteiger partial charge in [0.25, 0.3) is 0 Å². The van der Waals surface area contributed by atoms with Gasteiger partial charge in [0.05, 0.1) is 16.6 Å². The molecule has 3 aromatic rings. The maximum absolute atomic E-state index is 10.9. The first kappa shape index (κ1) is 11.3. The Kier molecular flexibility index (Phi) is 2.45. The number of para-hydroxylation sites is 1. The fourth-order valence-corrected chi connectivity index (χ4v) is 2.08. The van der Waals surface area contributed by atoms with Crippen molar-refractivity contribution in [2.45, 2.75) is 0 Å². The quantitative estimate of drug-likeness (QED) is 0.734. The first-order valence-corrected chi connectivity index (χ1v) is 5.73. The van der Waals surface area contributed by atoms with Crippen molar-refractivity contribution in [3.05, 3.63) is 54.1 Å². The van der Waals surface area contributed by atoms with Crippen LogP contribution < -0.4 is 5.73 Å². The van der Waals surface area contributed by atoms with Gasteiger partial charge in [-0.25, -0.2) is 9.78 Å². The van der Waals surface area contributed by atoms with Crippen LogP contribution >= 0.6 is 0 Å². The molecule has 1 heterocycles. The summed E-state index contributed by atoms with van der Waals surface area (Å²) in [6.07, 6.45) is 0. The number of nitrogens with two attached hydrogens (primary N) is 1. The number of aromatic nitrogens is 2. The predicted octanol–water partition coefficient (Wildman–Crippen LogP) is 2.31. The Balaban J connectivity index is 2.27. The summed E-state index contributed by atoms with van der Waals surface area (Å²) in [5.74, 6) is -0.640. The standard InChI is InChI=1S/C14H11N3O2/c15-14-16-11-8-9(13(18)19)6-7-12(11)17(14)10-4-2-1-3-5-10/h1-8H,(H2,15,16)(H,18,19). The number of hydrogen-bond acceptors (Lipinski definition) is 3. The van der Waals surface area contributed by atoms with E-state index in [-0.39, 0.29) is 5.56 Å². The lowest BCUT2D eigenvalue weighted by atomic mass is 10.2. The van der Waals surface area contributed by atoms with Crippen molar-refractivity contribution in [2.75, 3.05) is 5.73 Å². The molecule has 5 heteroatoms. The largest absolute Gasteiger partial charge is 0.478 e. The molecule has 19 heavy (non-hydrogen) atoms. The third-order valence-electron chi connectivity index (χ3n) is 2.94. The van der Waals surface area contributed by atoms with Crippen LogP contribution in [0.15, 0.2) is 48.5 Å². The van der Waals surface area contributed by atoms with Crippen LogP contribution in [0.1, 0.15) is 10.4 Å². The molecule has 0 atom stereocenters. The topological polar surface area (TPSA) is 81.1 Å². The molecule has 0 radical (unpaired) electrons. The van der Waals surface area contributed by atoms with E-state index in [1.165, 1.54) is 6.07 Å². The summed E-state index contributed by atoms with van der Waals surface area (Å²) in [4.78, 5) is 15.2. The number of nitrogen functional groups attached to an aromatic ring is 1. The number of nitrogens with zero attached hydrogens (tertiary/aromatic N) is 2. The molecule has 5 nitrogen and oxygen atoms in total. The summed E-state index contributed by atoms with van der Waals surface area (Å²) >= 11 is 0. The number of aromatic carboxylic acids is 1. The molecule has 0 aliphatic rings. The van der Waals surface area contributed by atoms with Crippen molar-refractivity contribution >= 4 is 23.0 Å². The van der Waals surface area contributed by atoms with Crippen molar-refractivity contribution in [2.24, 2.45) is 0 Å². The molecule has 0 aliphatic carbocycles. The SMILES string of the molecule is Nc1nc2cc(C(=O)O)ccc2n1-c1ccccc1. The number of rotatable bonds is 2. The van der Waals surface area contributed by atoms with Crippen LogP contribution in [0.3, 0.4) is 0 Å². The Bertz CT molecular complexity index is 763. The molecule has 2 aromatic carbocycles. The van der Waals surface area contributed by atoms with Gasteiger partial charge in [-0.2, -0.15) is 0 Å². The van der Waals surface area contributed by atoms with Crippen molar-refractivity contribution in [3.8, 4) is 5.69 Å². The average molecular weight is 253 g/mol. The molecule has 0 unspecified atom stereocenters. The first-order chi connectivity index (χ1) is 9.16. The maximum Gasteiger partial charge on any atom is 0.335 e. The van der Waals surface area contributed by atoms with E-state index in [1.54, 1.807) is 16.7 Å². The number of hydrogen-bond donors (Lipinski definition) is 2. The summed E-state index contributed by atoms with van der Waals surface area (Å²) in [5, 5.41) is 8.97. The Hall–Kier alpha value is -2.82. The van der Waals surface area contributed by atoms with Gasteiger partial charge < -0.3 is 10.8 Å². The van der Waals surface area contributed by atoms with Crippen LogP contribution in [-0.4, -0.2) is 20.6 Å². The lowest BCUT2D eigenvalue weighted by Gasteiger charge is -2.05. The normalized spacial score (nSPS) is 10.7. The highest BCUT2D eigenvalue weighted by molar-refractivity contribution is 5.93. The van der Waals surface area contributed by atoms with Gasteiger partial charge >= 0.3 is 5.97 Å². The van der Waals surface area contributed by atoms with E-state index in [9.17, 15) is 4.79 Å². The molecule has 94 valence electrons. The number of imidazole rings is 1. The van der Waals surface area contributed by atoms with Gasteiger partial charge in [-0.05, 0) is 30.3 Å².